The number of halogens is 1. The minimum Gasteiger partial charge on any atom is -0.390 e. The van der Waals surface area contributed by atoms with E-state index in [2.05, 4.69) is 9.97 Å². The van der Waals surface area contributed by atoms with E-state index < -0.39 is 11.5 Å². The lowest BCUT2D eigenvalue weighted by Gasteiger charge is -2.23. The van der Waals surface area contributed by atoms with E-state index >= 15 is 0 Å². The van der Waals surface area contributed by atoms with Crippen LogP contribution in [0.15, 0.2) is 12.4 Å². The summed E-state index contributed by atoms with van der Waals surface area (Å²) in [6.45, 7) is 3.34. The summed E-state index contributed by atoms with van der Waals surface area (Å²) >= 11 is 0. The summed E-state index contributed by atoms with van der Waals surface area (Å²) in [5.41, 5.74) is -0.611. The first-order valence-corrected chi connectivity index (χ1v) is 5.52. The summed E-state index contributed by atoms with van der Waals surface area (Å²) in [6.07, 6.45) is 3.57. The highest BCUT2D eigenvalue weighted by Crippen LogP contribution is 2.23. The fraction of sp³-hybridized carbons (Fsp3) is 0.636. The van der Waals surface area contributed by atoms with Gasteiger partial charge in [0.25, 0.3) is 0 Å². The van der Waals surface area contributed by atoms with Crippen LogP contribution >= 0.6 is 0 Å². The SMILES string of the molecule is CC1(O)CCCN(c2cc(F)ncn2)CC1. The van der Waals surface area contributed by atoms with Crippen LogP contribution in [-0.4, -0.2) is 33.8 Å². The zero-order chi connectivity index (χ0) is 11.6. The van der Waals surface area contributed by atoms with Gasteiger partial charge in [0.15, 0.2) is 0 Å². The van der Waals surface area contributed by atoms with Gasteiger partial charge >= 0.3 is 0 Å². The van der Waals surface area contributed by atoms with Crippen LogP contribution in [0, 0.1) is 5.95 Å². The first-order valence-electron chi connectivity index (χ1n) is 5.52. The molecule has 2 heterocycles. The quantitative estimate of drug-likeness (QED) is 0.733. The highest BCUT2D eigenvalue weighted by Gasteiger charge is 2.25. The minimum atomic E-state index is -0.611. The van der Waals surface area contributed by atoms with Crippen molar-refractivity contribution in [3.05, 3.63) is 18.3 Å². The van der Waals surface area contributed by atoms with Crippen molar-refractivity contribution in [3.63, 3.8) is 0 Å². The number of aliphatic hydroxyl groups is 1. The standard InChI is InChI=1S/C11H16FN3O/c1-11(16)3-2-5-15(6-4-11)10-7-9(12)13-8-14-10/h7-8,16H,2-6H2,1H3. The predicted octanol–water partition coefficient (Wildman–Crippen LogP) is 1.36. The number of aromatic nitrogens is 2. The zero-order valence-electron chi connectivity index (χ0n) is 9.36. The molecule has 0 radical (unpaired) electrons. The van der Waals surface area contributed by atoms with E-state index in [4.69, 9.17) is 0 Å². The molecular weight excluding hydrogens is 209 g/mol. The lowest BCUT2D eigenvalue weighted by Crippen LogP contribution is -2.28. The molecule has 0 amide bonds. The van der Waals surface area contributed by atoms with Crippen LogP contribution in [0.25, 0.3) is 0 Å². The topological polar surface area (TPSA) is 49.2 Å². The van der Waals surface area contributed by atoms with Crippen LogP contribution in [0.1, 0.15) is 26.2 Å². The second kappa shape index (κ2) is 4.33. The van der Waals surface area contributed by atoms with E-state index in [1.54, 1.807) is 0 Å². The fourth-order valence-electron chi connectivity index (χ4n) is 1.99. The highest BCUT2D eigenvalue weighted by molar-refractivity contribution is 5.37. The summed E-state index contributed by atoms with van der Waals surface area (Å²) in [6, 6.07) is 1.33. The molecule has 88 valence electrons. The molecule has 0 saturated carbocycles. The van der Waals surface area contributed by atoms with Gasteiger partial charge in [0.2, 0.25) is 5.95 Å². The molecular formula is C11H16FN3O. The van der Waals surface area contributed by atoms with Gasteiger partial charge in [-0.3, -0.25) is 0 Å². The molecule has 1 saturated heterocycles. The first kappa shape index (κ1) is 11.3. The summed E-state index contributed by atoms with van der Waals surface area (Å²) in [5.74, 6) is 0.0891. The van der Waals surface area contributed by atoms with Crippen LogP contribution in [0.3, 0.4) is 0 Å². The molecule has 1 N–H and O–H groups in total. The molecule has 16 heavy (non-hydrogen) atoms. The molecule has 1 aromatic heterocycles. The average Bonchev–Trinajstić information content (AvgIpc) is 2.39. The van der Waals surface area contributed by atoms with Gasteiger partial charge in [-0.2, -0.15) is 4.39 Å². The van der Waals surface area contributed by atoms with Crippen LogP contribution in [0.5, 0.6) is 0 Å². The van der Waals surface area contributed by atoms with Gasteiger partial charge in [-0.25, -0.2) is 9.97 Å². The molecule has 1 unspecified atom stereocenters. The van der Waals surface area contributed by atoms with Crippen LogP contribution in [-0.2, 0) is 0 Å². The van der Waals surface area contributed by atoms with Gasteiger partial charge in [0.05, 0.1) is 5.60 Å². The number of anilines is 1. The smallest absolute Gasteiger partial charge is 0.218 e. The predicted molar refractivity (Wildman–Crippen MR) is 58.7 cm³/mol. The normalized spacial score (nSPS) is 26.6. The van der Waals surface area contributed by atoms with Gasteiger partial charge in [0, 0.05) is 19.2 Å². The Morgan fingerprint density at radius 1 is 1.38 bits per heavy atom. The molecule has 1 aromatic rings. The maximum absolute atomic E-state index is 12.9. The third-order valence-corrected chi connectivity index (χ3v) is 3.01. The van der Waals surface area contributed by atoms with Crippen LogP contribution < -0.4 is 4.90 Å². The second-order valence-electron chi connectivity index (χ2n) is 4.54. The maximum atomic E-state index is 12.9. The molecule has 0 spiro atoms. The Morgan fingerprint density at radius 2 is 2.19 bits per heavy atom. The van der Waals surface area contributed by atoms with Crippen LogP contribution in [0.2, 0.25) is 0 Å². The maximum Gasteiger partial charge on any atom is 0.218 e. The van der Waals surface area contributed by atoms with Crippen molar-refractivity contribution in [2.45, 2.75) is 31.8 Å². The first-order chi connectivity index (χ1) is 7.57. The largest absolute Gasteiger partial charge is 0.390 e. The van der Waals surface area contributed by atoms with Crippen molar-refractivity contribution in [2.24, 2.45) is 0 Å². The zero-order valence-corrected chi connectivity index (χ0v) is 9.36. The number of nitrogens with zero attached hydrogens (tertiary/aromatic N) is 3. The molecule has 0 aromatic carbocycles. The summed E-state index contributed by atoms with van der Waals surface area (Å²) in [7, 11) is 0. The molecule has 0 aliphatic carbocycles. The Kier molecular flexibility index (Phi) is 3.05. The fourth-order valence-corrected chi connectivity index (χ4v) is 1.99. The van der Waals surface area contributed by atoms with E-state index in [1.807, 2.05) is 11.8 Å². The van der Waals surface area contributed by atoms with Gasteiger partial charge in [-0.15, -0.1) is 0 Å². The van der Waals surface area contributed by atoms with Crippen LogP contribution in [0.4, 0.5) is 10.2 Å². The second-order valence-corrected chi connectivity index (χ2v) is 4.54. The van der Waals surface area contributed by atoms with Crippen molar-refractivity contribution in [2.75, 3.05) is 18.0 Å². The summed E-state index contributed by atoms with van der Waals surface area (Å²) < 4.78 is 12.9. The Morgan fingerprint density at radius 3 is 2.94 bits per heavy atom. The number of hydrogen-bond donors (Lipinski definition) is 1. The molecule has 5 heteroatoms. The molecule has 2 rings (SSSR count). The van der Waals surface area contributed by atoms with Crippen molar-refractivity contribution in [3.8, 4) is 0 Å². The van der Waals surface area contributed by atoms with Crippen molar-refractivity contribution in [1.29, 1.82) is 0 Å². The van der Waals surface area contributed by atoms with E-state index in [0.29, 0.717) is 18.8 Å². The molecule has 0 bridgehead atoms. The third-order valence-electron chi connectivity index (χ3n) is 3.01. The summed E-state index contributed by atoms with van der Waals surface area (Å²) in [4.78, 5) is 9.47. The highest BCUT2D eigenvalue weighted by atomic mass is 19.1. The molecule has 1 aliphatic heterocycles. The van der Waals surface area contributed by atoms with E-state index in [0.717, 1.165) is 19.4 Å². The number of hydrogen-bond acceptors (Lipinski definition) is 4. The van der Waals surface area contributed by atoms with Crippen molar-refractivity contribution in [1.82, 2.24) is 9.97 Å². The molecule has 1 atom stereocenters. The summed E-state index contributed by atoms with van der Waals surface area (Å²) in [5, 5.41) is 9.94. The Labute approximate surface area is 94.1 Å². The van der Waals surface area contributed by atoms with E-state index in [1.165, 1.54) is 12.4 Å². The molecule has 1 aliphatic rings. The Balaban J connectivity index is 2.11. The monoisotopic (exact) mass is 225 g/mol. The van der Waals surface area contributed by atoms with E-state index in [-0.39, 0.29) is 0 Å². The number of rotatable bonds is 1. The van der Waals surface area contributed by atoms with Gasteiger partial charge in [-0.1, -0.05) is 0 Å². The van der Waals surface area contributed by atoms with Crippen molar-refractivity contribution >= 4 is 5.82 Å². The van der Waals surface area contributed by atoms with Gasteiger partial charge in [-0.05, 0) is 26.2 Å². The Hall–Kier alpha value is -1.23. The average molecular weight is 225 g/mol. The minimum absolute atomic E-state index is 0.513. The van der Waals surface area contributed by atoms with Gasteiger partial charge < -0.3 is 10.0 Å². The third kappa shape index (κ3) is 2.66. The molecule has 1 fully saturated rings. The van der Waals surface area contributed by atoms with Crippen molar-refractivity contribution < 1.29 is 9.50 Å². The molecule has 4 nitrogen and oxygen atoms in total. The van der Waals surface area contributed by atoms with Gasteiger partial charge in [0.1, 0.15) is 12.1 Å². The Bertz CT molecular complexity index is 370. The van der Waals surface area contributed by atoms with E-state index in [9.17, 15) is 9.50 Å². The lowest BCUT2D eigenvalue weighted by molar-refractivity contribution is 0.0481. The lowest BCUT2D eigenvalue weighted by atomic mass is 9.98.